The molecular formula is C17H20FN5O. The summed E-state index contributed by atoms with van der Waals surface area (Å²) in [5.74, 6) is 0.0651. The summed E-state index contributed by atoms with van der Waals surface area (Å²) in [6.07, 6.45) is 4.09. The van der Waals surface area contributed by atoms with E-state index < -0.39 is 5.95 Å². The molecule has 0 radical (unpaired) electrons. The second-order valence-electron chi connectivity index (χ2n) is 5.47. The number of nitrogens with zero attached hydrogens (tertiary/aromatic N) is 4. The lowest BCUT2D eigenvalue weighted by Crippen LogP contribution is -2.16. The van der Waals surface area contributed by atoms with E-state index in [9.17, 15) is 4.39 Å². The first-order valence-electron chi connectivity index (χ1n) is 8.00. The van der Waals surface area contributed by atoms with Gasteiger partial charge in [-0.15, -0.1) is 5.10 Å². The summed E-state index contributed by atoms with van der Waals surface area (Å²) in [5, 5.41) is 7.72. The molecule has 0 unspecified atom stereocenters. The number of fused-ring (bicyclic) bond motifs is 1. The number of hydrogen-bond donors (Lipinski definition) is 1. The maximum Gasteiger partial charge on any atom is 0.231 e. The molecule has 0 aliphatic rings. The first-order chi connectivity index (χ1) is 11.7. The highest BCUT2D eigenvalue weighted by Gasteiger charge is 2.10. The van der Waals surface area contributed by atoms with Crippen molar-refractivity contribution in [1.82, 2.24) is 24.9 Å². The highest BCUT2D eigenvalue weighted by atomic mass is 19.1. The molecule has 3 aromatic rings. The normalized spacial score (nSPS) is 11.1. The Balaban J connectivity index is 1.82. The lowest BCUT2D eigenvalue weighted by molar-refractivity contribution is 0.293. The van der Waals surface area contributed by atoms with Crippen LogP contribution in [0.25, 0.3) is 16.9 Å². The van der Waals surface area contributed by atoms with Crippen molar-refractivity contribution in [2.24, 2.45) is 0 Å². The third kappa shape index (κ3) is 3.51. The molecule has 24 heavy (non-hydrogen) atoms. The van der Waals surface area contributed by atoms with E-state index >= 15 is 0 Å². The van der Waals surface area contributed by atoms with Gasteiger partial charge in [-0.1, -0.05) is 6.92 Å². The molecule has 0 spiro atoms. The molecule has 126 valence electrons. The number of imidazole rings is 1. The van der Waals surface area contributed by atoms with Crippen molar-refractivity contribution >= 4 is 5.65 Å². The number of nitrogens with one attached hydrogen (secondary N) is 1. The largest absolute Gasteiger partial charge is 0.477 e. The van der Waals surface area contributed by atoms with Crippen molar-refractivity contribution in [3.8, 4) is 17.1 Å². The quantitative estimate of drug-likeness (QED) is 0.533. The van der Waals surface area contributed by atoms with Crippen molar-refractivity contribution in [3.63, 3.8) is 0 Å². The Morgan fingerprint density at radius 2 is 2.12 bits per heavy atom. The Labute approximate surface area is 139 Å². The molecular weight excluding hydrogens is 309 g/mol. The van der Waals surface area contributed by atoms with Crippen molar-refractivity contribution in [3.05, 3.63) is 42.1 Å². The van der Waals surface area contributed by atoms with Crippen LogP contribution in [-0.2, 0) is 0 Å². The fourth-order valence-corrected chi connectivity index (χ4v) is 2.38. The van der Waals surface area contributed by atoms with Gasteiger partial charge in [0, 0.05) is 23.4 Å². The lowest BCUT2D eigenvalue weighted by Gasteiger charge is -2.07. The van der Waals surface area contributed by atoms with E-state index in [0.29, 0.717) is 23.7 Å². The van der Waals surface area contributed by atoms with Crippen LogP contribution in [0.5, 0.6) is 5.88 Å². The summed E-state index contributed by atoms with van der Waals surface area (Å²) in [6, 6.07) is 5.38. The van der Waals surface area contributed by atoms with Gasteiger partial charge in [-0.2, -0.15) is 4.39 Å². The van der Waals surface area contributed by atoms with Gasteiger partial charge in [0.05, 0.1) is 18.5 Å². The molecule has 0 bridgehead atoms. The predicted octanol–water partition coefficient (Wildman–Crippen LogP) is 2.62. The fraction of sp³-hybridized carbons (Fsp3) is 0.353. The van der Waals surface area contributed by atoms with E-state index in [1.807, 2.05) is 6.07 Å². The van der Waals surface area contributed by atoms with E-state index in [2.05, 4.69) is 27.3 Å². The van der Waals surface area contributed by atoms with E-state index in [1.165, 1.54) is 6.20 Å². The van der Waals surface area contributed by atoms with Gasteiger partial charge < -0.3 is 10.1 Å². The van der Waals surface area contributed by atoms with Gasteiger partial charge in [-0.05, 0) is 38.6 Å². The van der Waals surface area contributed by atoms with E-state index in [1.54, 1.807) is 29.8 Å². The van der Waals surface area contributed by atoms with Crippen LogP contribution in [0.15, 0.2) is 30.6 Å². The predicted molar refractivity (Wildman–Crippen MR) is 89.6 cm³/mol. The van der Waals surface area contributed by atoms with Gasteiger partial charge in [0.25, 0.3) is 0 Å². The molecule has 0 aliphatic carbocycles. The van der Waals surface area contributed by atoms with Gasteiger partial charge in [0.2, 0.25) is 11.8 Å². The van der Waals surface area contributed by atoms with Gasteiger partial charge in [0.1, 0.15) is 0 Å². The number of halogens is 1. The summed E-state index contributed by atoms with van der Waals surface area (Å²) in [4.78, 5) is 8.09. The third-order valence-corrected chi connectivity index (χ3v) is 3.65. The Morgan fingerprint density at radius 3 is 2.92 bits per heavy atom. The molecule has 3 heterocycles. The van der Waals surface area contributed by atoms with Crippen LogP contribution < -0.4 is 10.1 Å². The fourth-order valence-electron chi connectivity index (χ4n) is 2.38. The number of aromatic nitrogens is 4. The summed E-state index contributed by atoms with van der Waals surface area (Å²) in [6.45, 7) is 6.21. The molecule has 3 rings (SSSR count). The summed E-state index contributed by atoms with van der Waals surface area (Å²) < 4.78 is 20.7. The summed E-state index contributed by atoms with van der Waals surface area (Å²) >= 11 is 0. The standard InChI is InChI=1S/C17H20FN5O/c1-3-19-7-4-8-24-16-6-5-15-20-11-14(23(15)22-16)13-9-12(2)17(18)21-10-13/h5-6,9-11,19H,3-4,7-8H2,1-2H3. The first kappa shape index (κ1) is 16.3. The average Bonchev–Trinajstić information content (AvgIpc) is 3.00. The number of rotatable bonds is 7. The Kier molecular flexibility index (Phi) is 5.00. The first-order valence-corrected chi connectivity index (χ1v) is 8.00. The zero-order chi connectivity index (χ0) is 16.9. The van der Waals surface area contributed by atoms with Gasteiger partial charge in [0.15, 0.2) is 5.65 Å². The van der Waals surface area contributed by atoms with Gasteiger partial charge in [-0.25, -0.2) is 14.5 Å². The zero-order valence-corrected chi connectivity index (χ0v) is 13.8. The molecule has 6 nitrogen and oxygen atoms in total. The van der Waals surface area contributed by atoms with Gasteiger partial charge >= 0.3 is 0 Å². The molecule has 0 aromatic carbocycles. The maximum atomic E-state index is 13.4. The molecule has 0 saturated carbocycles. The number of pyridine rings is 1. The summed E-state index contributed by atoms with van der Waals surface area (Å²) in [5.41, 5.74) is 2.70. The van der Waals surface area contributed by atoms with Crippen molar-refractivity contribution in [2.45, 2.75) is 20.3 Å². The van der Waals surface area contributed by atoms with Crippen LogP contribution in [0.4, 0.5) is 4.39 Å². The van der Waals surface area contributed by atoms with Crippen molar-refractivity contribution < 1.29 is 9.13 Å². The van der Waals surface area contributed by atoms with Crippen LogP contribution in [0.1, 0.15) is 18.9 Å². The molecule has 3 aromatic heterocycles. The summed E-state index contributed by atoms with van der Waals surface area (Å²) in [7, 11) is 0. The molecule has 0 aliphatic heterocycles. The number of ether oxygens (including phenoxy) is 1. The number of aryl methyl sites for hydroxylation is 1. The second kappa shape index (κ2) is 7.35. The Hall–Kier alpha value is -2.54. The minimum Gasteiger partial charge on any atom is -0.477 e. The topological polar surface area (TPSA) is 64.3 Å². The lowest BCUT2D eigenvalue weighted by atomic mass is 10.2. The van der Waals surface area contributed by atoms with E-state index in [-0.39, 0.29) is 0 Å². The highest BCUT2D eigenvalue weighted by molar-refractivity contribution is 5.62. The van der Waals surface area contributed by atoms with Crippen LogP contribution in [0, 0.1) is 12.9 Å². The molecule has 0 saturated heterocycles. The molecule has 0 atom stereocenters. The van der Waals surface area contributed by atoms with Crippen LogP contribution >= 0.6 is 0 Å². The Morgan fingerprint density at radius 1 is 1.25 bits per heavy atom. The van der Waals surface area contributed by atoms with Crippen LogP contribution in [0.2, 0.25) is 0 Å². The number of hydrogen-bond acceptors (Lipinski definition) is 5. The smallest absolute Gasteiger partial charge is 0.231 e. The van der Waals surface area contributed by atoms with Crippen LogP contribution in [-0.4, -0.2) is 39.3 Å². The average molecular weight is 329 g/mol. The van der Waals surface area contributed by atoms with Crippen molar-refractivity contribution in [1.29, 1.82) is 0 Å². The highest BCUT2D eigenvalue weighted by Crippen LogP contribution is 2.22. The maximum absolute atomic E-state index is 13.4. The molecule has 1 N–H and O–H groups in total. The SMILES string of the molecule is CCNCCCOc1ccc2ncc(-c3cnc(F)c(C)c3)n2n1. The minimum absolute atomic E-state index is 0.467. The van der Waals surface area contributed by atoms with E-state index in [0.717, 1.165) is 30.8 Å². The minimum atomic E-state index is -0.467. The van der Waals surface area contributed by atoms with Gasteiger partial charge in [-0.3, -0.25) is 0 Å². The molecule has 7 heteroatoms. The molecule has 0 fully saturated rings. The third-order valence-electron chi connectivity index (χ3n) is 3.65. The van der Waals surface area contributed by atoms with Crippen LogP contribution in [0.3, 0.4) is 0 Å². The van der Waals surface area contributed by atoms with E-state index in [4.69, 9.17) is 4.74 Å². The van der Waals surface area contributed by atoms with Crippen molar-refractivity contribution in [2.75, 3.05) is 19.7 Å². The second-order valence-corrected chi connectivity index (χ2v) is 5.47. The molecule has 0 amide bonds. The zero-order valence-electron chi connectivity index (χ0n) is 13.8. The monoisotopic (exact) mass is 329 g/mol. The Bertz CT molecular complexity index is 833.